The lowest BCUT2D eigenvalue weighted by atomic mass is 9.72. The number of hydrogen-bond donors (Lipinski definition) is 1. The predicted molar refractivity (Wildman–Crippen MR) is 49.5 cm³/mol. The third-order valence-corrected chi connectivity index (χ3v) is 2.88. The van der Waals surface area contributed by atoms with Crippen molar-refractivity contribution < 1.29 is 0 Å². The molecule has 66 valence electrons. The summed E-state index contributed by atoms with van der Waals surface area (Å²) in [5, 5.41) is 0. The van der Waals surface area contributed by atoms with Crippen LogP contribution in [-0.2, 0) is 0 Å². The SMILES string of the molecule is C[C@@H](N)CC1(C)CCCCC1. The molecule has 0 heterocycles. The van der Waals surface area contributed by atoms with E-state index in [1.54, 1.807) is 0 Å². The van der Waals surface area contributed by atoms with Gasteiger partial charge in [0.2, 0.25) is 0 Å². The van der Waals surface area contributed by atoms with Gasteiger partial charge in [0.15, 0.2) is 0 Å². The largest absolute Gasteiger partial charge is 0.328 e. The molecule has 1 rings (SSSR count). The second-order valence-electron chi connectivity index (χ2n) is 4.55. The Morgan fingerprint density at radius 3 is 2.27 bits per heavy atom. The minimum atomic E-state index is 0.387. The molecule has 2 N–H and O–H groups in total. The average Bonchev–Trinajstić information content (AvgIpc) is 1.85. The van der Waals surface area contributed by atoms with Gasteiger partial charge in [-0.3, -0.25) is 0 Å². The van der Waals surface area contributed by atoms with E-state index in [2.05, 4.69) is 13.8 Å². The molecule has 0 amide bonds. The Kier molecular flexibility index (Phi) is 2.94. The lowest BCUT2D eigenvalue weighted by Gasteiger charge is -2.34. The molecule has 1 fully saturated rings. The highest BCUT2D eigenvalue weighted by Crippen LogP contribution is 2.39. The molecule has 0 saturated heterocycles. The molecular formula is C10H21N. The van der Waals surface area contributed by atoms with E-state index < -0.39 is 0 Å². The predicted octanol–water partition coefficient (Wildman–Crippen LogP) is 2.69. The minimum absolute atomic E-state index is 0.387. The van der Waals surface area contributed by atoms with Gasteiger partial charge in [-0.1, -0.05) is 26.2 Å². The Bertz CT molecular complexity index is 112. The van der Waals surface area contributed by atoms with Crippen LogP contribution in [0.15, 0.2) is 0 Å². The van der Waals surface area contributed by atoms with Crippen LogP contribution >= 0.6 is 0 Å². The van der Waals surface area contributed by atoms with E-state index in [9.17, 15) is 0 Å². The summed E-state index contributed by atoms with van der Waals surface area (Å²) in [6, 6.07) is 0.387. The van der Waals surface area contributed by atoms with Gasteiger partial charge in [-0.15, -0.1) is 0 Å². The lowest BCUT2D eigenvalue weighted by Crippen LogP contribution is -2.29. The summed E-state index contributed by atoms with van der Waals surface area (Å²) in [4.78, 5) is 0. The second kappa shape index (κ2) is 3.57. The Balaban J connectivity index is 2.37. The van der Waals surface area contributed by atoms with Gasteiger partial charge in [0.05, 0.1) is 0 Å². The van der Waals surface area contributed by atoms with E-state index in [1.807, 2.05) is 0 Å². The van der Waals surface area contributed by atoms with Crippen molar-refractivity contribution in [2.45, 2.75) is 58.4 Å². The number of hydrogen-bond acceptors (Lipinski definition) is 1. The van der Waals surface area contributed by atoms with Crippen molar-refractivity contribution in [3.8, 4) is 0 Å². The first-order chi connectivity index (χ1) is 5.12. The summed E-state index contributed by atoms with van der Waals surface area (Å²) in [5.41, 5.74) is 6.38. The maximum atomic E-state index is 5.81. The third kappa shape index (κ3) is 2.82. The molecule has 0 bridgehead atoms. The molecule has 1 aliphatic rings. The molecule has 0 aromatic heterocycles. The molecule has 1 atom stereocenters. The van der Waals surface area contributed by atoms with Crippen molar-refractivity contribution >= 4 is 0 Å². The maximum absolute atomic E-state index is 5.81. The van der Waals surface area contributed by atoms with Gasteiger partial charge in [-0.25, -0.2) is 0 Å². The van der Waals surface area contributed by atoms with Crippen molar-refractivity contribution in [2.24, 2.45) is 11.1 Å². The second-order valence-corrected chi connectivity index (χ2v) is 4.55. The highest BCUT2D eigenvalue weighted by atomic mass is 14.6. The van der Waals surface area contributed by atoms with Crippen LogP contribution in [0.1, 0.15) is 52.4 Å². The van der Waals surface area contributed by atoms with Crippen molar-refractivity contribution in [3.63, 3.8) is 0 Å². The summed E-state index contributed by atoms with van der Waals surface area (Å²) >= 11 is 0. The molecular weight excluding hydrogens is 134 g/mol. The van der Waals surface area contributed by atoms with E-state index >= 15 is 0 Å². The summed E-state index contributed by atoms with van der Waals surface area (Å²) in [5.74, 6) is 0. The first-order valence-corrected chi connectivity index (χ1v) is 4.88. The molecule has 0 spiro atoms. The first kappa shape index (κ1) is 9.05. The molecule has 1 heteroatoms. The average molecular weight is 155 g/mol. The summed E-state index contributed by atoms with van der Waals surface area (Å²) in [6.07, 6.45) is 8.29. The topological polar surface area (TPSA) is 26.0 Å². The summed E-state index contributed by atoms with van der Waals surface area (Å²) < 4.78 is 0. The van der Waals surface area contributed by atoms with Crippen LogP contribution in [0.2, 0.25) is 0 Å². The fraction of sp³-hybridized carbons (Fsp3) is 1.00. The zero-order chi connectivity index (χ0) is 8.32. The zero-order valence-electron chi connectivity index (χ0n) is 7.90. The highest BCUT2D eigenvalue weighted by molar-refractivity contribution is 4.80. The van der Waals surface area contributed by atoms with E-state index in [1.165, 1.54) is 38.5 Å². The molecule has 1 saturated carbocycles. The molecule has 1 aliphatic carbocycles. The highest BCUT2D eigenvalue weighted by Gasteiger charge is 2.27. The van der Waals surface area contributed by atoms with Crippen molar-refractivity contribution in [2.75, 3.05) is 0 Å². The maximum Gasteiger partial charge on any atom is 0.00156 e. The molecule has 0 aromatic rings. The normalized spacial score (nSPS) is 26.5. The number of nitrogens with two attached hydrogens (primary N) is 1. The molecule has 0 unspecified atom stereocenters. The van der Waals surface area contributed by atoms with Crippen LogP contribution in [0.4, 0.5) is 0 Å². The van der Waals surface area contributed by atoms with Crippen molar-refractivity contribution in [3.05, 3.63) is 0 Å². The van der Waals surface area contributed by atoms with Crippen molar-refractivity contribution in [1.29, 1.82) is 0 Å². The Hall–Kier alpha value is -0.0400. The van der Waals surface area contributed by atoms with Gasteiger partial charge in [0, 0.05) is 6.04 Å². The van der Waals surface area contributed by atoms with E-state index in [-0.39, 0.29) is 0 Å². The molecule has 0 aromatic carbocycles. The van der Waals surface area contributed by atoms with Gasteiger partial charge in [-0.05, 0) is 31.6 Å². The lowest BCUT2D eigenvalue weighted by molar-refractivity contribution is 0.188. The summed E-state index contributed by atoms with van der Waals surface area (Å²) in [7, 11) is 0. The fourth-order valence-electron chi connectivity index (χ4n) is 2.39. The molecule has 1 nitrogen and oxygen atoms in total. The summed E-state index contributed by atoms with van der Waals surface area (Å²) in [6.45, 7) is 4.52. The van der Waals surface area contributed by atoms with Gasteiger partial charge in [0.25, 0.3) is 0 Å². The Morgan fingerprint density at radius 1 is 1.27 bits per heavy atom. The Labute approximate surface area is 70.4 Å². The van der Waals surface area contributed by atoms with Crippen LogP contribution < -0.4 is 5.73 Å². The van der Waals surface area contributed by atoms with E-state index in [0.717, 1.165) is 0 Å². The fourth-order valence-corrected chi connectivity index (χ4v) is 2.39. The number of rotatable bonds is 2. The van der Waals surface area contributed by atoms with E-state index in [0.29, 0.717) is 11.5 Å². The van der Waals surface area contributed by atoms with Gasteiger partial charge in [0.1, 0.15) is 0 Å². The van der Waals surface area contributed by atoms with Crippen LogP contribution in [0, 0.1) is 5.41 Å². The third-order valence-electron chi connectivity index (χ3n) is 2.88. The van der Waals surface area contributed by atoms with Crippen LogP contribution in [0.25, 0.3) is 0 Å². The van der Waals surface area contributed by atoms with Crippen LogP contribution in [0.5, 0.6) is 0 Å². The van der Waals surface area contributed by atoms with Crippen molar-refractivity contribution in [1.82, 2.24) is 0 Å². The van der Waals surface area contributed by atoms with Gasteiger partial charge >= 0.3 is 0 Å². The quantitative estimate of drug-likeness (QED) is 0.652. The smallest absolute Gasteiger partial charge is 0.00156 e. The minimum Gasteiger partial charge on any atom is -0.328 e. The first-order valence-electron chi connectivity index (χ1n) is 4.88. The molecule has 0 radical (unpaired) electrons. The standard InChI is InChI=1S/C10H21N/c1-9(11)8-10(2)6-4-3-5-7-10/h9H,3-8,11H2,1-2H3/t9-/m1/s1. The molecule has 0 aliphatic heterocycles. The van der Waals surface area contributed by atoms with Crippen LogP contribution in [-0.4, -0.2) is 6.04 Å². The van der Waals surface area contributed by atoms with Crippen LogP contribution in [0.3, 0.4) is 0 Å². The monoisotopic (exact) mass is 155 g/mol. The molecule has 11 heavy (non-hydrogen) atoms. The van der Waals surface area contributed by atoms with E-state index in [4.69, 9.17) is 5.73 Å². The van der Waals surface area contributed by atoms with Gasteiger partial charge < -0.3 is 5.73 Å². The zero-order valence-corrected chi connectivity index (χ0v) is 7.90. The Morgan fingerprint density at radius 2 is 1.82 bits per heavy atom. The van der Waals surface area contributed by atoms with Gasteiger partial charge in [-0.2, -0.15) is 0 Å².